The van der Waals surface area contributed by atoms with E-state index < -0.39 is 37.3 Å². The van der Waals surface area contributed by atoms with Crippen molar-refractivity contribution in [1.29, 1.82) is 0 Å². The molecule has 0 aromatic rings. The number of unbranched alkanes of at least 4 members (excludes halogenated alkanes) is 5. The maximum Gasteiger partial charge on any atom is 0.305 e. The van der Waals surface area contributed by atoms with Crippen LogP contribution in [0, 0.1) is 0 Å². The Hall–Kier alpha value is -0.770. The zero-order chi connectivity index (χ0) is 17.9. The van der Waals surface area contributed by atoms with E-state index in [0.717, 1.165) is 38.5 Å². The largest absolute Gasteiger partial charge is 0.469 e. The van der Waals surface area contributed by atoms with Crippen molar-refractivity contribution in [3.8, 4) is 0 Å². The molecule has 0 saturated carbocycles. The fourth-order valence-corrected chi connectivity index (χ4v) is 2.59. The highest BCUT2D eigenvalue weighted by molar-refractivity contribution is 5.68. The number of aliphatic hydroxyl groups excluding tert-OH is 4. The number of hydrogen-bond acceptors (Lipinski definition) is 8. The Morgan fingerprint density at radius 3 is 2.21 bits per heavy atom. The van der Waals surface area contributed by atoms with Gasteiger partial charge in [0.25, 0.3) is 0 Å². The van der Waals surface area contributed by atoms with E-state index in [4.69, 9.17) is 14.6 Å². The van der Waals surface area contributed by atoms with Crippen LogP contribution in [0.15, 0.2) is 0 Å². The molecule has 1 rings (SSSR count). The maximum absolute atomic E-state index is 10.9. The zero-order valence-corrected chi connectivity index (χ0v) is 14.2. The quantitative estimate of drug-likeness (QED) is 0.296. The number of carbonyl (C=O) groups excluding carboxylic acids is 1. The molecule has 1 aliphatic heterocycles. The summed E-state index contributed by atoms with van der Waals surface area (Å²) in [5.41, 5.74) is 0. The first-order chi connectivity index (χ1) is 11.5. The van der Waals surface area contributed by atoms with Gasteiger partial charge in [-0.05, 0) is 12.8 Å². The van der Waals surface area contributed by atoms with Gasteiger partial charge in [0.1, 0.15) is 24.4 Å². The zero-order valence-electron chi connectivity index (χ0n) is 14.2. The van der Waals surface area contributed by atoms with Gasteiger partial charge < -0.3 is 34.6 Å². The number of rotatable bonds is 11. The van der Waals surface area contributed by atoms with Gasteiger partial charge in [0.15, 0.2) is 6.29 Å². The normalized spacial score (nSPS) is 30.3. The molecule has 0 unspecified atom stereocenters. The number of ether oxygens (including phenoxy) is 3. The molecule has 8 nitrogen and oxygen atoms in total. The molecule has 5 atom stereocenters. The molecule has 0 radical (unpaired) electrons. The van der Waals surface area contributed by atoms with Crippen molar-refractivity contribution < 1.29 is 39.4 Å². The number of carbonyl (C=O) groups is 1. The van der Waals surface area contributed by atoms with Crippen LogP contribution in [0.25, 0.3) is 0 Å². The average molecular weight is 350 g/mol. The Morgan fingerprint density at radius 1 is 0.958 bits per heavy atom. The van der Waals surface area contributed by atoms with Gasteiger partial charge in [0.05, 0.1) is 13.7 Å². The second-order valence-corrected chi connectivity index (χ2v) is 6.02. The number of hydrogen-bond donors (Lipinski definition) is 4. The van der Waals surface area contributed by atoms with Gasteiger partial charge in [-0.15, -0.1) is 0 Å². The maximum atomic E-state index is 10.9. The van der Waals surface area contributed by atoms with Crippen LogP contribution in [0.1, 0.15) is 44.9 Å². The van der Waals surface area contributed by atoms with E-state index in [1.165, 1.54) is 7.11 Å². The van der Waals surface area contributed by atoms with Gasteiger partial charge in [0, 0.05) is 13.0 Å². The minimum Gasteiger partial charge on any atom is -0.469 e. The lowest BCUT2D eigenvalue weighted by Crippen LogP contribution is -2.59. The summed E-state index contributed by atoms with van der Waals surface area (Å²) in [5, 5.41) is 38.2. The summed E-state index contributed by atoms with van der Waals surface area (Å²) in [5.74, 6) is -0.178. The molecule has 1 aliphatic rings. The van der Waals surface area contributed by atoms with Crippen LogP contribution in [0.5, 0.6) is 0 Å². The first kappa shape index (κ1) is 21.3. The molecule has 0 aromatic carbocycles. The molecule has 0 amide bonds. The lowest BCUT2D eigenvalue weighted by molar-refractivity contribution is -0.301. The summed E-state index contributed by atoms with van der Waals surface area (Å²) >= 11 is 0. The minimum absolute atomic E-state index is 0.178. The van der Waals surface area contributed by atoms with Crippen molar-refractivity contribution >= 4 is 5.97 Å². The summed E-state index contributed by atoms with van der Waals surface area (Å²) in [6, 6.07) is 0. The molecule has 1 fully saturated rings. The SMILES string of the molecule is COC(=O)CCCCCCCCO[C@H]1O[C@H](CO)[C@H](O)[C@@H](O)[C@@H]1O. The predicted molar refractivity (Wildman–Crippen MR) is 84.1 cm³/mol. The van der Waals surface area contributed by atoms with Crippen molar-refractivity contribution in [2.75, 3.05) is 20.3 Å². The van der Waals surface area contributed by atoms with Gasteiger partial charge in [-0.25, -0.2) is 0 Å². The van der Waals surface area contributed by atoms with Crippen molar-refractivity contribution in [2.24, 2.45) is 0 Å². The molecule has 0 aromatic heterocycles. The monoisotopic (exact) mass is 350 g/mol. The van der Waals surface area contributed by atoms with Crippen LogP contribution in [-0.4, -0.2) is 77.4 Å². The van der Waals surface area contributed by atoms with E-state index in [-0.39, 0.29) is 5.97 Å². The van der Waals surface area contributed by atoms with E-state index >= 15 is 0 Å². The molecule has 1 saturated heterocycles. The molecular formula is C16H30O8. The first-order valence-electron chi connectivity index (χ1n) is 8.50. The third-order valence-electron chi connectivity index (χ3n) is 4.13. The summed E-state index contributed by atoms with van der Waals surface area (Å²) in [7, 11) is 1.39. The fourth-order valence-electron chi connectivity index (χ4n) is 2.59. The Bertz CT molecular complexity index is 349. The van der Waals surface area contributed by atoms with Crippen LogP contribution in [0.2, 0.25) is 0 Å². The number of esters is 1. The topological polar surface area (TPSA) is 126 Å². The van der Waals surface area contributed by atoms with E-state index in [0.29, 0.717) is 13.0 Å². The van der Waals surface area contributed by atoms with Crippen molar-refractivity contribution in [3.05, 3.63) is 0 Å². The molecule has 0 aliphatic carbocycles. The standard InChI is InChI=1S/C16H30O8/c1-22-12(18)8-6-4-2-3-5-7-9-23-16-15(21)14(20)13(19)11(10-17)24-16/h11,13-17,19-21H,2-10H2,1H3/t11-,13+,14-,15+,16+/m1/s1. The van der Waals surface area contributed by atoms with Crippen LogP contribution >= 0.6 is 0 Å². The molecule has 24 heavy (non-hydrogen) atoms. The summed E-state index contributed by atoms with van der Waals surface area (Å²) in [6.45, 7) is -0.110. The highest BCUT2D eigenvalue weighted by atomic mass is 16.7. The lowest BCUT2D eigenvalue weighted by atomic mass is 9.99. The van der Waals surface area contributed by atoms with Gasteiger partial charge >= 0.3 is 5.97 Å². The Morgan fingerprint density at radius 2 is 1.58 bits per heavy atom. The minimum atomic E-state index is -1.41. The first-order valence-corrected chi connectivity index (χ1v) is 8.50. The summed E-state index contributed by atoms with van der Waals surface area (Å²) in [6.07, 6.45) is -0.110. The van der Waals surface area contributed by atoms with Crippen molar-refractivity contribution in [2.45, 2.75) is 75.7 Å². The molecular weight excluding hydrogens is 320 g/mol. The molecule has 0 spiro atoms. The van der Waals surface area contributed by atoms with Crippen LogP contribution in [0.3, 0.4) is 0 Å². The second-order valence-electron chi connectivity index (χ2n) is 6.02. The van der Waals surface area contributed by atoms with Gasteiger partial charge in [-0.1, -0.05) is 25.7 Å². The van der Waals surface area contributed by atoms with Crippen LogP contribution in [-0.2, 0) is 19.0 Å². The predicted octanol–water partition coefficient (Wildman–Crippen LogP) is -0.293. The molecule has 8 heteroatoms. The van der Waals surface area contributed by atoms with E-state index in [1.807, 2.05) is 0 Å². The van der Waals surface area contributed by atoms with E-state index in [9.17, 15) is 20.1 Å². The van der Waals surface area contributed by atoms with Gasteiger partial charge in [0.2, 0.25) is 0 Å². The third-order valence-corrected chi connectivity index (χ3v) is 4.13. The average Bonchev–Trinajstić information content (AvgIpc) is 2.59. The highest BCUT2D eigenvalue weighted by Crippen LogP contribution is 2.22. The summed E-state index contributed by atoms with van der Waals surface area (Å²) < 4.78 is 15.2. The molecule has 142 valence electrons. The molecule has 0 bridgehead atoms. The molecule has 1 heterocycles. The lowest BCUT2D eigenvalue weighted by Gasteiger charge is -2.39. The Kier molecular flexibility index (Phi) is 10.4. The Labute approximate surface area is 142 Å². The highest BCUT2D eigenvalue weighted by Gasteiger charge is 2.43. The number of aliphatic hydroxyl groups is 4. The molecule has 4 N–H and O–H groups in total. The number of methoxy groups -OCH3 is 1. The second kappa shape index (κ2) is 11.7. The van der Waals surface area contributed by atoms with Gasteiger partial charge in [-0.3, -0.25) is 4.79 Å². The van der Waals surface area contributed by atoms with Crippen LogP contribution < -0.4 is 0 Å². The van der Waals surface area contributed by atoms with Gasteiger partial charge in [-0.2, -0.15) is 0 Å². The third kappa shape index (κ3) is 7.00. The van der Waals surface area contributed by atoms with E-state index in [2.05, 4.69) is 4.74 Å². The Balaban J connectivity index is 2.07. The summed E-state index contributed by atoms with van der Waals surface area (Å²) in [4.78, 5) is 10.9. The fraction of sp³-hybridized carbons (Fsp3) is 0.938. The van der Waals surface area contributed by atoms with Crippen molar-refractivity contribution in [1.82, 2.24) is 0 Å². The van der Waals surface area contributed by atoms with Crippen LogP contribution in [0.4, 0.5) is 0 Å². The smallest absolute Gasteiger partial charge is 0.305 e. The van der Waals surface area contributed by atoms with E-state index in [1.54, 1.807) is 0 Å². The van der Waals surface area contributed by atoms with Crippen molar-refractivity contribution in [3.63, 3.8) is 0 Å².